The van der Waals surface area contributed by atoms with Gasteiger partial charge in [0.05, 0.1) is 9.60 Å². The summed E-state index contributed by atoms with van der Waals surface area (Å²) >= 11 is 10.0. The molecule has 1 amide bonds. The molecule has 1 aliphatic rings. The zero-order valence-electron chi connectivity index (χ0n) is 16.0. The van der Waals surface area contributed by atoms with Gasteiger partial charge >= 0.3 is 0 Å². The molecule has 1 aliphatic heterocycles. The van der Waals surface area contributed by atoms with Crippen LogP contribution in [-0.4, -0.2) is 24.0 Å². The molecule has 0 radical (unpaired) electrons. The molecule has 7 heteroatoms. The average Bonchev–Trinajstić information content (AvgIpc) is 3.31. The number of anilines is 1. The summed E-state index contributed by atoms with van der Waals surface area (Å²) < 4.78 is 11.9. The van der Waals surface area contributed by atoms with E-state index in [2.05, 4.69) is 17.4 Å². The number of carbonyl (C=O) groups is 1. The second-order valence-corrected chi connectivity index (χ2v) is 9.67. The first-order valence-corrected chi connectivity index (χ1v) is 11.9. The predicted molar refractivity (Wildman–Crippen MR) is 126 cm³/mol. The van der Waals surface area contributed by atoms with Crippen molar-refractivity contribution in [3.63, 3.8) is 0 Å². The van der Waals surface area contributed by atoms with E-state index in [1.165, 1.54) is 17.1 Å². The van der Waals surface area contributed by atoms with E-state index < -0.39 is 0 Å². The molecule has 30 heavy (non-hydrogen) atoms. The third kappa shape index (κ3) is 5.65. The van der Waals surface area contributed by atoms with Crippen molar-refractivity contribution in [2.75, 3.05) is 23.4 Å². The normalized spacial score (nSPS) is 13.8. The van der Waals surface area contributed by atoms with Crippen LogP contribution < -0.4 is 14.8 Å². The Labute approximate surface area is 189 Å². The fraction of sp³-hybridized carbons (Fsp3) is 0.174. The maximum Gasteiger partial charge on any atom is 0.262 e. The molecule has 0 saturated carbocycles. The monoisotopic (exact) mass is 457 g/mol. The largest absolute Gasteiger partial charge is 0.484 e. The number of rotatable bonds is 7. The van der Waals surface area contributed by atoms with Crippen LogP contribution in [0.2, 0.25) is 5.02 Å². The maximum atomic E-state index is 12.2. The van der Waals surface area contributed by atoms with Gasteiger partial charge in [-0.05, 0) is 54.1 Å². The van der Waals surface area contributed by atoms with Gasteiger partial charge in [0.1, 0.15) is 17.2 Å². The lowest BCUT2D eigenvalue weighted by Crippen LogP contribution is -2.20. The number of hydrogen-bond donors (Lipinski definition) is 1. The molecule has 0 bridgehead atoms. The van der Waals surface area contributed by atoms with E-state index in [-0.39, 0.29) is 12.5 Å². The molecular weight excluding hydrogens is 438 g/mol. The Kier molecular flexibility index (Phi) is 7.10. The standard InChI is InChI=1S/C23H20ClNO3S2/c24-20-3-1-2-4-21(20)28-19-11-7-17(8-12-19)25-22(26)15-27-18-9-5-16(6-10-18)23-29-13-14-30-23/h1-12,23H,13-15H2,(H,25,26). The molecule has 154 valence electrons. The van der Waals surface area contributed by atoms with Gasteiger partial charge in [-0.1, -0.05) is 35.9 Å². The zero-order chi connectivity index (χ0) is 20.8. The average molecular weight is 458 g/mol. The summed E-state index contributed by atoms with van der Waals surface area (Å²) in [5, 5.41) is 3.36. The van der Waals surface area contributed by atoms with Gasteiger partial charge in [0, 0.05) is 17.2 Å². The highest BCUT2D eigenvalue weighted by Crippen LogP contribution is 2.45. The van der Waals surface area contributed by atoms with Gasteiger partial charge in [-0.15, -0.1) is 23.5 Å². The van der Waals surface area contributed by atoms with Gasteiger partial charge in [0.15, 0.2) is 6.61 Å². The Morgan fingerprint density at radius 2 is 1.60 bits per heavy atom. The van der Waals surface area contributed by atoms with E-state index in [0.717, 1.165) is 0 Å². The van der Waals surface area contributed by atoms with Crippen molar-refractivity contribution >= 4 is 46.7 Å². The smallest absolute Gasteiger partial charge is 0.262 e. The second kappa shape index (κ2) is 10.2. The number of hydrogen-bond acceptors (Lipinski definition) is 5. The third-order valence-electron chi connectivity index (χ3n) is 4.35. The van der Waals surface area contributed by atoms with E-state index in [1.807, 2.05) is 47.8 Å². The summed E-state index contributed by atoms with van der Waals surface area (Å²) in [6.07, 6.45) is 0. The Balaban J connectivity index is 1.26. The van der Waals surface area contributed by atoms with Crippen molar-refractivity contribution in [2.45, 2.75) is 4.58 Å². The lowest BCUT2D eigenvalue weighted by molar-refractivity contribution is -0.118. The van der Waals surface area contributed by atoms with E-state index in [9.17, 15) is 4.79 Å². The molecule has 4 nitrogen and oxygen atoms in total. The first-order valence-electron chi connectivity index (χ1n) is 9.46. The summed E-state index contributed by atoms with van der Waals surface area (Å²) in [5.41, 5.74) is 1.96. The Morgan fingerprint density at radius 1 is 0.933 bits per heavy atom. The van der Waals surface area contributed by atoms with Gasteiger partial charge in [-0.3, -0.25) is 4.79 Å². The number of benzene rings is 3. The van der Waals surface area contributed by atoms with Crippen LogP contribution >= 0.6 is 35.1 Å². The quantitative estimate of drug-likeness (QED) is 0.431. The molecule has 0 spiro atoms. The summed E-state index contributed by atoms with van der Waals surface area (Å²) in [7, 11) is 0. The predicted octanol–water partition coefficient (Wildman–Crippen LogP) is 6.63. The number of carbonyl (C=O) groups excluding carboxylic acids is 1. The minimum atomic E-state index is -0.222. The maximum absolute atomic E-state index is 12.2. The SMILES string of the molecule is O=C(COc1ccc(C2SCCS2)cc1)Nc1ccc(Oc2ccccc2Cl)cc1. The van der Waals surface area contributed by atoms with Gasteiger partial charge in [-0.25, -0.2) is 0 Å². The number of nitrogens with one attached hydrogen (secondary N) is 1. The van der Waals surface area contributed by atoms with Gasteiger partial charge in [0.2, 0.25) is 0 Å². The minimum absolute atomic E-state index is 0.0514. The lowest BCUT2D eigenvalue weighted by atomic mass is 10.2. The Hall–Kier alpha value is -2.28. The van der Waals surface area contributed by atoms with Crippen molar-refractivity contribution in [1.29, 1.82) is 0 Å². The van der Waals surface area contributed by atoms with Crippen molar-refractivity contribution < 1.29 is 14.3 Å². The van der Waals surface area contributed by atoms with Crippen LogP contribution in [0, 0.1) is 0 Å². The molecule has 4 rings (SSSR count). The zero-order valence-corrected chi connectivity index (χ0v) is 18.4. The van der Waals surface area contributed by atoms with Crippen molar-refractivity contribution in [3.05, 3.63) is 83.4 Å². The van der Waals surface area contributed by atoms with Crippen LogP contribution in [0.25, 0.3) is 0 Å². The van der Waals surface area contributed by atoms with Crippen molar-refractivity contribution in [2.24, 2.45) is 0 Å². The fourth-order valence-electron chi connectivity index (χ4n) is 2.88. The molecule has 3 aromatic rings. The van der Waals surface area contributed by atoms with Gasteiger partial charge in [0.25, 0.3) is 5.91 Å². The Bertz CT molecular complexity index is 990. The van der Waals surface area contributed by atoms with Gasteiger partial charge < -0.3 is 14.8 Å². The van der Waals surface area contributed by atoms with Crippen molar-refractivity contribution in [3.8, 4) is 17.2 Å². The molecular formula is C23H20ClNO3S2. The highest BCUT2D eigenvalue weighted by Gasteiger charge is 2.18. The highest BCUT2D eigenvalue weighted by atomic mass is 35.5. The second-order valence-electron chi connectivity index (χ2n) is 6.54. The molecule has 3 aromatic carbocycles. The molecule has 0 aromatic heterocycles. The van der Waals surface area contributed by atoms with Gasteiger partial charge in [-0.2, -0.15) is 0 Å². The minimum Gasteiger partial charge on any atom is -0.484 e. The van der Waals surface area contributed by atoms with E-state index in [0.29, 0.717) is 32.5 Å². The summed E-state index contributed by atoms with van der Waals surface area (Å²) in [5.74, 6) is 4.07. The number of amides is 1. The fourth-order valence-corrected chi connectivity index (χ4v) is 5.91. The first-order chi connectivity index (χ1) is 14.7. The number of para-hydroxylation sites is 1. The number of thioether (sulfide) groups is 2. The lowest BCUT2D eigenvalue weighted by Gasteiger charge is -2.11. The Morgan fingerprint density at radius 3 is 2.30 bits per heavy atom. The third-order valence-corrected chi connectivity index (χ3v) is 7.76. The topological polar surface area (TPSA) is 47.6 Å². The van der Waals surface area contributed by atoms with Crippen LogP contribution in [-0.2, 0) is 4.79 Å². The molecule has 0 unspecified atom stereocenters. The van der Waals surface area contributed by atoms with Crippen LogP contribution in [0.15, 0.2) is 72.8 Å². The highest BCUT2D eigenvalue weighted by molar-refractivity contribution is 8.19. The van der Waals surface area contributed by atoms with E-state index >= 15 is 0 Å². The molecule has 1 N–H and O–H groups in total. The molecule has 1 saturated heterocycles. The molecule has 1 heterocycles. The summed E-state index contributed by atoms with van der Waals surface area (Å²) in [6.45, 7) is -0.0514. The van der Waals surface area contributed by atoms with Crippen molar-refractivity contribution in [1.82, 2.24) is 0 Å². The first kappa shape index (κ1) is 21.0. The van der Waals surface area contributed by atoms with Crippen LogP contribution in [0.1, 0.15) is 10.1 Å². The van der Waals surface area contributed by atoms with E-state index in [4.69, 9.17) is 21.1 Å². The molecule has 0 atom stereocenters. The van der Waals surface area contributed by atoms with Crippen LogP contribution in [0.5, 0.6) is 17.2 Å². The summed E-state index contributed by atoms with van der Waals surface area (Å²) in [6, 6.07) is 22.3. The number of halogens is 1. The van der Waals surface area contributed by atoms with Crippen LogP contribution in [0.3, 0.4) is 0 Å². The number of ether oxygens (including phenoxy) is 2. The summed E-state index contributed by atoms with van der Waals surface area (Å²) in [4.78, 5) is 12.2. The molecule has 0 aliphatic carbocycles. The van der Waals surface area contributed by atoms with Crippen LogP contribution in [0.4, 0.5) is 5.69 Å². The van der Waals surface area contributed by atoms with E-state index in [1.54, 1.807) is 36.4 Å². The molecule has 1 fully saturated rings.